The first-order chi connectivity index (χ1) is 12.9. The monoisotopic (exact) mass is 399 g/mol. The zero-order valence-corrected chi connectivity index (χ0v) is 15.2. The van der Waals surface area contributed by atoms with E-state index >= 15 is 0 Å². The number of aromatic nitrogens is 1. The number of carboxylic acids is 1. The molecule has 134 valence electrons. The van der Waals surface area contributed by atoms with Crippen molar-refractivity contribution in [1.29, 1.82) is 5.26 Å². The van der Waals surface area contributed by atoms with E-state index in [9.17, 15) is 14.9 Å². The van der Waals surface area contributed by atoms with Gasteiger partial charge in [-0.3, -0.25) is 14.6 Å². The average molecular weight is 400 g/mol. The lowest BCUT2D eigenvalue weighted by Crippen LogP contribution is -2.14. The summed E-state index contributed by atoms with van der Waals surface area (Å²) in [6, 6.07) is 11.6. The molecule has 0 aliphatic heterocycles. The number of aliphatic carboxylic acids is 1. The van der Waals surface area contributed by atoms with Gasteiger partial charge in [0.25, 0.3) is 5.91 Å². The predicted octanol–water partition coefficient (Wildman–Crippen LogP) is 4.29. The normalized spacial score (nSPS) is 10.4. The number of fused-ring (bicyclic) bond motifs is 1. The number of amides is 1. The maximum absolute atomic E-state index is 12.6. The van der Waals surface area contributed by atoms with Crippen LogP contribution in [0.5, 0.6) is 0 Å². The summed E-state index contributed by atoms with van der Waals surface area (Å²) in [7, 11) is 0. The van der Waals surface area contributed by atoms with E-state index in [4.69, 9.17) is 28.3 Å². The molecule has 8 heteroatoms. The summed E-state index contributed by atoms with van der Waals surface area (Å²) in [6.07, 6.45) is 0.953. The van der Waals surface area contributed by atoms with Crippen LogP contribution in [-0.2, 0) is 11.2 Å². The Balaban J connectivity index is 2.10. The quantitative estimate of drug-likeness (QED) is 0.680. The lowest BCUT2D eigenvalue weighted by Gasteiger charge is -2.12. The molecule has 27 heavy (non-hydrogen) atoms. The summed E-state index contributed by atoms with van der Waals surface area (Å²) < 4.78 is 0. The highest BCUT2D eigenvalue weighted by molar-refractivity contribution is 6.40. The van der Waals surface area contributed by atoms with Gasteiger partial charge in [-0.05, 0) is 23.8 Å². The van der Waals surface area contributed by atoms with Crippen LogP contribution in [0.25, 0.3) is 10.9 Å². The van der Waals surface area contributed by atoms with Crippen molar-refractivity contribution in [1.82, 2.24) is 4.98 Å². The van der Waals surface area contributed by atoms with Crippen molar-refractivity contribution in [2.75, 3.05) is 5.32 Å². The number of nitrogens with one attached hydrogen (secondary N) is 1. The summed E-state index contributed by atoms with van der Waals surface area (Å²) >= 11 is 12.1. The second-order valence-corrected chi connectivity index (χ2v) is 6.40. The summed E-state index contributed by atoms with van der Waals surface area (Å²) in [6.45, 7) is 0. The molecule has 0 aliphatic carbocycles. The molecule has 0 radical (unpaired) electrons. The maximum atomic E-state index is 12.6. The number of hydrogen-bond acceptors (Lipinski definition) is 4. The van der Waals surface area contributed by atoms with Gasteiger partial charge in [-0.2, -0.15) is 5.26 Å². The van der Waals surface area contributed by atoms with Gasteiger partial charge < -0.3 is 10.4 Å². The van der Waals surface area contributed by atoms with E-state index in [2.05, 4.69) is 10.3 Å². The molecule has 1 amide bonds. The zero-order valence-electron chi connectivity index (χ0n) is 13.7. The molecular formula is C19H11Cl2N3O3. The molecule has 2 aromatic carbocycles. The van der Waals surface area contributed by atoms with Crippen LogP contribution in [0.4, 0.5) is 5.69 Å². The average Bonchev–Trinajstić information content (AvgIpc) is 2.62. The Hall–Kier alpha value is -3.14. The lowest BCUT2D eigenvalue weighted by atomic mass is 10.0. The number of pyridine rings is 1. The van der Waals surface area contributed by atoms with E-state index in [1.54, 1.807) is 36.4 Å². The topological polar surface area (TPSA) is 103 Å². The van der Waals surface area contributed by atoms with Gasteiger partial charge >= 0.3 is 5.97 Å². The molecule has 0 saturated carbocycles. The van der Waals surface area contributed by atoms with Gasteiger partial charge in [0, 0.05) is 11.6 Å². The number of carboxylic acid groups (broad SMARTS) is 1. The van der Waals surface area contributed by atoms with Crippen molar-refractivity contribution in [3.05, 3.63) is 69.3 Å². The number of rotatable bonds is 4. The molecule has 0 unspecified atom stereocenters. The van der Waals surface area contributed by atoms with Gasteiger partial charge in [-0.1, -0.05) is 41.4 Å². The van der Waals surface area contributed by atoms with Crippen molar-refractivity contribution < 1.29 is 14.7 Å². The molecule has 0 bridgehead atoms. The van der Waals surface area contributed by atoms with Crippen molar-refractivity contribution in [2.24, 2.45) is 0 Å². The van der Waals surface area contributed by atoms with Crippen molar-refractivity contribution >= 4 is 51.7 Å². The van der Waals surface area contributed by atoms with Crippen LogP contribution in [0.15, 0.2) is 42.6 Å². The van der Waals surface area contributed by atoms with Crippen LogP contribution in [0.3, 0.4) is 0 Å². The van der Waals surface area contributed by atoms with Gasteiger partial charge in [-0.15, -0.1) is 0 Å². The molecule has 0 aliphatic rings. The van der Waals surface area contributed by atoms with Crippen LogP contribution < -0.4 is 5.32 Å². The highest BCUT2D eigenvalue weighted by atomic mass is 35.5. The smallest absolute Gasteiger partial charge is 0.307 e. The van der Waals surface area contributed by atoms with Crippen LogP contribution in [0, 0.1) is 11.3 Å². The number of carbonyl (C=O) groups excluding carboxylic acids is 1. The molecule has 0 atom stereocenters. The fourth-order valence-corrected chi connectivity index (χ4v) is 3.29. The summed E-state index contributed by atoms with van der Waals surface area (Å²) in [5, 5.41) is 21.9. The minimum Gasteiger partial charge on any atom is -0.481 e. The van der Waals surface area contributed by atoms with E-state index in [1.807, 2.05) is 6.07 Å². The second-order valence-electron chi connectivity index (χ2n) is 5.59. The molecule has 0 fully saturated rings. The highest BCUT2D eigenvalue weighted by Gasteiger charge is 2.18. The Morgan fingerprint density at radius 1 is 1.15 bits per heavy atom. The molecule has 3 rings (SSSR count). The Kier molecular flexibility index (Phi) is 5.26. The van der Waals surface area contributed by atoms with Crippen LogP contribution >= 0.6 is 23.2 Å². The molecule has 1 aromatic heterocycles. The van der Waals surface area contributed by atoms with E-state index in [0.29, 0.717) is 22.2 Å². The van der Waals surface area contributed by atoms with Gasteiger partial charge in [-0.25, -0.2) is 0 Å². The van der Waals surface area contributed by atoms with Gasteiger partial charge in [0.15, 0.2) is 0 Å². The number of carbonyl (C=O) groups is 2. The molecule has 3 aromatic rings. The third-order valence-corrected chi connectivity index (χ3v) is 4.53. The Morgan fingerprint density at radius 3 is 2.44 bits per heavy atom. The minimum absolute atomic E-state index is 0.122. The number of halogens is 2. The van der Waals surface area contributed by atoms with Crippen molar-refractivity contribution in [2.45, 2.75) is 6.42 Å². The SMILES string of the molecule is N#Cc1cnc2c(NC(=O)c3c(Cl)cccc3Cl)cccc2c1CC(=O)O. The predicted molar refractivity (Wildman–Crippen MR) is 102 cm³/mol. The molecule has 0 spiro atoms. The Morgan fingerprint density at radius 2 is 1.81 bits per heavy atom. The number of anilines is 1. The molecule has 0 saturated heterocycles. The summed E-state index contributed by atoms with van der Waals surface area (Å²) in [5.41, 5.74) is 1.34. The molecule has 6 nitrogen and oxygen atoms in total. The first kappa shape index (κ1) is 18.6. The fourth-order valence-electron chi connectivity index (χ4n) is 2.72. The van der Waals surface area contributed by atoms with Gasteiger partial charge in [0.1, 0.15) is 6.07 Å². The number of para-hydroxylation sites is 1. The number of benzene rings is 2. The van der Waals surface area contributed by atoms with E-state index < -0.39 is 11.9 Å². The summed E-state index contributed by atoms with van der Waals surface area (Å²) in [5.74, 6) is -1.60. The first-order valence-corrected chi connectivity index (χ1v) is 8.45. The number of hydrogen-bond donors (Lipinski definition) is 2. The van der Waals surface area contributed by atoms with Crippen LogP contribution in [0.2, 0.25) is 10.0 Å². The van der Waals surface area contributed by atoms with E-state index in [0.717, 1.165) is 0 Å². The number of nitriles is 1. The number of nitrogens with zero attached hydrogens (tertiary/aromatic N) is 2. The van der Waals surface area contributed by atoms with E-state index in [1.165, 1.54) is 6.20 Å². The standard InChI is InChI=1S/C19H11Cl2N3O3/c20-13-4-2-5-14(21)17(13)19(27)24-15-6-1-3-11-12(7-16(25)26)10(8-22)9-23-18(11)15/h1-6,9H,7H2,(H,24,27)(H,25,26). The van der Waals surface area contributed by atoms with Crippen LogP contribution in [0.1, 0.15) is 21.5 Å². The van der Waals surface area contributed by atoms with Crippen LogP contribution in [-0.4, -0.2) is 22.0 Å². The zero-order chi connectivity index (χ0) is 19.6. The molecule has 1 heterocycles. The third-order valence-electron chi connectivity index (χ3n) is 3.90. The Labute approximate surface area is 164 Å². The summed E-state index contributed by atoms with van der Waals surface area (Å²) in [4.78, 5) is 28.0. The fraction of sp³-hybridized carbons (Fsp3) is 0.0526. The second kappa shape index (κ2) is 7.62. The van der Waals surface area contributed by atoms with Gasteiger partial charge in [0.05, 0.1) is 38.8 Å². The first-order valence-electron chi connectivity index (χ1n) is 7.70. The van der Waals surface area contributed by atoms with Crippen molar-refractivity contribution in [3.63, 3.8) is 0 Å². The minimum atomic E-state index is -1.07. The molecule has 2 N–H and O–H groups in total. The van der Waals surface area contributed by atoms with Gasteiger partial charge in [0.2, 0.25) is 0 Å². The maximum Gasteiger partial charge on any atom is 0.307 e. The van der Waals surface area contributed by atoms with E-state index in [-0.39, 0.29) is 27.6 Å². The Bertz CT molecular complexity index is 1100. The third kappa shape index (κ3) is 3.70. The molecular weight excluding hydrogens is 389 g/mol. The van der Waals surface area contributed by atoms with Crippen molar-refractivity contribution in [3.8, 4) is 6.07 Å². The lowest BCUT2D eigenvalue weighted by molar-refractivity contribution is -0.136. The largest absolute Gasteiger partial charge is 0.481 e. The highest BCUT2D eigenvalue weighted by Crippen LogP contribution is 2.29.